The Morgan fingerprint density at radius 1 is 1.47 bits per heavy atom. The summed E-state index contributed by atoms with van der Waals surface area (Å²) in [6, 6.07) is 0.220. The van der Waals surface area contributed by atoms with E-state index in [9.17, 15) is 9.90 Å². The van der Waals surface area contributed by atoms with Crippen molar-refractivity contribution in [3.05, 3.63) is 0 Å². The summed E-state index contributed by atoms with van der Waals surface area (Å²) in [5, 5.41) is 13.3. The van der Waals surface area contributed by atoms with Crippen LogP contribution in [0.1, 0.15) is 39.5 Å². The summed E-state index contributed by atoms with van der Waals surface area (Å²) in [6.07, 6.45) is 3.35. The lowest BCUT2D eigenvalue weighted by Gasteiger charge is -2.35. The van der Waals surface area contributed by atoms with Crippen LogP contribution in [-0.4, -0.2) is 60.9 Å². The molecule has 112 valence electrons. The molecule has 1 aliphatic heterocycles. The monoisotopic (exact) mass is 272 g/mol. The van der Waals surface area contributed by atoms with Crippen LogP contribution in [-0.2, 0) is 9.53 Å². The Bertz CT molecular complexity index is 278. The van der Waals surface area contributed by atoms with Crippen molar-refractivity contribution in [3.63, 3.8) is 0 Å². The van der Waals surface area contributed by atoms with Gasteiger partial charge in [0.2, 0.25) is 5.91 Å². The molecule has 0 aliphatic carbocycles. The first-order chi connectivity index (χ1) is 8.95. The van der Waals surface area contributed by atoms with Crippen molar-refractivity contribution >= 4 is 5.91 Å². The van der Waals surface area contributed by atoms with Gasteiger partial charge in [0.15, 0.2) is 0 Å². The number of hydrogen-bond acceptors (Lipinski definition) is 4. The van der Waals surface area contributed by atoms with Crippen LogP contribution in [0.5, 0.6) is 0 Å². The molecule has 1 fully saturated rings. The van der Waals surface area contributed by atoms with Gasteiger partial charge in [0.05, 0.1) is 12.1 Å². The number of aliphatic hydroxyl groups is 1. The van der Waals surface area contributed by atoms with Crippen molar-refractivity contribution < 1.29 is 14.6 Å². The normalized spacial score (nSPS) is 20.3. The van der Waals surface area contributed by atoms with Gasteiger partial charge in [-0.25, -0.2) is 0 Å². The molecule has 1 heterocycles. The number of amides is 1. The lowest BCUT2D eigenvalue weighted by molar-refractivity contribution is -0.124. The fourth-order valence-corrected chi connectivity index (χ4v) is 2.54. The molecule has 2 N–H and O–H groups in total. The van der Waals surface area contributed by atoms with Crippen molar-refractivity contribution in [2.45, 2.75) is 51.2 Å². The zero-order valence-electron chi connectivity index (χ0n) is 12.4. The highest BCUT2D eigenvalue weighted by Gasteiger charge is 2.31. The highest BCUT2D eigenvalue weighted by Crippen LogP contribution is 2.21. The summed E-state index contributed by atoms with van der Waals surface area (Å²) in [5.74, 6) is 0.0270. The molecule has 0 aromatic rings. The van der Waals surface area contributed by atoms with Crippen molar-refractivity contribution in [2.75, 3.05) is 33.4 Å². The Morgan fingerprint density at radius 2 is 2.11 bits per heavy atom. The van der Waals surface area contributed by atoms with E-state index < -0.39 is 5.60 Å². The first-order valence-corrected chi connectivity index (χ1v) is 7.23. The Kier molecular flexibility index (Phi) is 6.75. The van der Waals surface area contributed by atoms with Gasteiger partial charge in [0.25, 0.3) is 0 Å². The number of nitrogens with zero attached hydrogens (tertiary/aromatic N) is 1. The van der Waals surface area contributed by atoms with Gasteiger partial charge in [-0.2, -0.15) is 0 Å². The summed E-state index contributed by atoms with van der Waals surface area (Å²) in [7, 11) is 1.87. The van der Waals surface area contributed by atoms with E-state index >= 15 is 0 Å². The van der Waals surface area contributed by atoms with Crippen molar-refractivity contribution in [2.24, 2.45) is 0 Å². The van der Waals surface area contributed by atoms with E-state index in [2.05, 4.69) is 12.2 Å². The van der Waals surface area contributed by atoms with Crippen molar-refractivity contribution in [3.8, 4) is 0 Å². The molecule has 1 aliphatic rings. The van der Waals surface area contributed by atoms with Gasteiger partial charge in [0.1, 0.15) is 0 Å². The molecule has 1 rings (SSSR count). The maximum absolute atomic E-state index is 11.8. The van der Waals surface area contributed by atoms with E-state index in [1.54, 1.807) is 0 Å². The number of carbonyl (C=O) groups excluding carboxylic acids is 1. The van der Waals surface area contributed by atoms with E-state index in [0.29, 0.717) is 39.1 Å². The molecule has 1 saturated heterocycles. The fraction of sp³-hybridized carbons (Fsp3) is 0.929. The number of carbonyl (C=O) groups is 1. The Labute approximate surface area is 116 Å². The molecule has 0 aromatic carbocycles. The SMILES string of the molecule is CCCC(C)NC(=O)CN(C)CC1(O)CCOCC1. The second-order valence-corrected chi connectivity index (χ2v) is 5.77. The molecular formula is C14H28N2O3. The van der Waals surface area contributed by atoms with Crippen LogP contribution in [0.25, 0.3) is 0 Å². The van der Waals surface area contributed by atoms with Gasteiger partial charge >= 0.3 is 0 Å². The van der Waals surface area contributed by atoms with Crippen LogP contribution in [0.4, 0.5) is 0 Å². The number of hydrogen-bond donors (Lipinski definition) is 2. The highest BCUT2D eigenvalue weighted by atomic mass is 16.5. The number of rotatable bonds is 7. The molecule has 1 atom stereocenters. The fourth-order valence-electron chi connectivity index (χ4n) is 2.54. The third-order valence-electron chi connectivity index (χ3n) is 3.53. The van der Waals surface area contributed by atoms with Crippen LogP contribution < -0.4 is 5.32 Å². The van der Waals surface area contributed by atoms with E-state index in [4.69, 9.17) is 4.74 Å². The predicted molar refractivity (Wildman–Crippen MR) is 75.0 cm³/mol. The second kappa shape index (κ2) is 7.82. The summed E-state index contributed by atoms with van der Waals surface area (Å²) in [6.45, 7) is 6.18. The Balaban J connectivity index is 2.29. The number of likely N-dealkylation sites (N-methyl/N-ethyl adjacent to an activating group) is 1. The van der Waals surface area contributed by atoms with Crippen molar-refractivity contribution in [1.82, 2.24) is 10.2 Å². The minimum Gasteiger partial charge on any atom is -0.388 e. The van der Waals surface area contributed by atoms with E-state index in [1.165, 1.54) is 0 Å². The van der Waals surface area contributed by atoms with Gasteiger partial charge < -0.3 is 15.2 Å². The van der Waals surface area contributed by atoms with Crippen molar-refractivity contribution in [1.29, 1.82) is 0 Å². The summed E-state index contributed by atoms with van der Waals surface area (Å²) in [5.41, 5.74) is -0.706. The van der Waals surface area contributed by atoms with Gasteiger partial charge in [-0.15, -0.1) is 0 Å². The molecule has 19 heavy (non-hydrogen) atoms. The second-order valence-electron chi connectivity index (χ2n) is 5.77. The molecule has 1 unspecified atom stereocenters. The van der Waals surface area contributed by atoms with E-state index in [1.807, 2.05) is 18.9 Å². The lowest BCUT2D eigenvalue weighted by Crippen LogP contribution is -2.48. The minimum absolute atomic E-state index is 0.0270. The zero-order valence-corrected chi connectivity index (χ0v) is 12.4. The van der Waals surface area contributed by atoms with Gasteiger partial charge in [-0.1, -0.05) is 13.3 Å². The van der Waals surface area contributed by atoms with Crippen LogP contribution in [0, 0.1) is 0 Å². The third-order valence-corrected chi connectivity index (χ3v) is 3.53. The Hall–Kier alpha value is -0.650. The van der Waals surface area contributed by atoms with Crippen LogP contribution in [0.3, 0.4) is 0 Å². The topological polar surface area (TPSA) is 61.8 Å². The quantitative estimate of drug-likeness (QED) is 0.718. The summed E-state index contributed by atoms with van der Waals surface area (Å²) in [4.78, 5) is 13.7. The zero-order chi connectivity index (χ0) is 14.3. The van der Waals surface area contributed by atoms with Crippen LogP contribution >= 0.6 is 0 Å². The molecule has 5 heteroatoms. The lowest BCUT2D eigenvalue weighted by atomic mass is 9.94. The first kappa shape index (κ1) is 16.4. The maximum atomic E-state index is 11.8. The Morgan fingerprint density at radius 3 is 2.68 bits per heavy atom. The minimum atomic E-state index is -0.706. The molecule has 0 bridgehead atoms. The summed E-state index contributed by atoms with van der Waals surface area (Å²) < 4.78 is 5.25. The smallest absolute Gasteiger partial charge is 0.234 e. The molecule has 0 saturated carbocycles. The van der Waals surface area contributed by atoms with Gasteiger partial charge in [-0.3, -0.25) is 9.69 Å². The summed E-state index contributed by atoms with van der Waals surface area (Å²) >= 11 is 0. The maximum Gasteiger partial charge on any atom is 0.234 e. The molecule has 0 spiro atoms. The average Bonchev–Trinajstić information content (AvgIpc) is 2.28. The first-order valence-electron chi connectivity index (χ1n) is 7.23. The average molecular weight is 272 g/mol. The molecular weight excluding hydrogens is 244 g/mol. The molecule has 0 aromatic heterocycles. The van der Waals surface area contributed by atoms with E-state index in [-0.39, 0.29) is 11.9 Å². The van der Waals surface area contributed by atoms with E-state index in [0.717, 1.165) is 12.8 Å². The highest BCUT2D eigenvalue weighted by molar-refractivity contribution is 5.78. The van der Waals surface area contributed by atoms with Crippen LogP contribution in [0.15, 0.2) is 0 Å². The molecule has 5 nitrogen and oxygen atoms in total. The number of ether oxygens (including phenoxy) is 1. The van der Waals surface area contributed by atoms with Gasteiger partial charge in [0, 0.05) is 38.6 Å². The predicted octanol–water partition coefficient (Wildman–Crippen LogP) is 0.764. The van der Waals surface area contributed by atoms with Gasteiger partial charge in [-0.05, 0) is 20.4 Å². The molecule has 0 radical (unpaired) electrons. The third kappa shape index (κ3) is 6.36. The molecule has 1 amide bonds. The number of nitrogens with one attached hydrogen (secondary N) is 1. The van der Waals surface area contributed by atoms with Crippen LogP contribution in [0.2, 0.25) is 0 Å². The standard InChI is InChI=1S/C14H28N2O3/c1-4-5-12(2)15-13(17)10-16(3)11-14(18)6-8-19-9-7-14/h12,18H,4-11H2,1-3H3,(H,15,17). The largest absolute Gasteiger partial charge is 0.388 e.